The fourth-order valence-electron chi connectivity index (χ4n) is 1.14. The lowest BCUT2D eigenvalue weighted by atomic mass is 10.5. The van der Waals surface area contributed by atoms with Gasteiger partial charge < -0.3 is 11.1 Å². The molecule has 0 aliphatic heterocycles. The molecule has 94 valence electrons. The molecule has 6 nitrogen and oxygen atoms in total. The predicted molar refractivity (Wildman–Crippen MR) is 68.4 cm³/mol. The molecule has 0 saturated carbocycles. The number of carbonyl (C=O) groups is 1. The molecule has 0 bridgehead atoms. The third-order valence-corrected chi connectivity index (χ3v) is 2.87. The summed E-state index contributed by atoms with van der Waals surface area (Å²) in [7, 11) is 0. The van der Waals surface area contributed by atoms with E-state index in [1.807, 2.05) is 6.08 Å². The zero-order chi connectivity index (χ0) is 12.5. The van der Waals surface area contributed by atoms with Crippen LogP contribution < -0.4 is 11.1 Å². The molecule has 1 aromatic heterocycles. The molecule has 0 aliphatic rings. The Balaban J connectivity index is 2.18. The maximum Gasteiger partial charge on any atom is 0.241 e. The van der Waals surface area contributed by atoms with E-state index in [1.54, 1.807) is 18.0 Å². The predicted octanol–water partition coefficient (Wildman–Crippen LogP) is -0.228. The van der Waals surface area contributed by atoms with Crippen LogP contribution in [-0.4, -0.2) is 39.0 Å². The summed E-state index contributed by atoms with van der Waals surface area (Å²) in [5, 5.41) is 10.4. The van der Waals surface area contributed by atoms with Crippen molar-refractivity contribution in [1.29, 1.82) is 0 Å². The van der Waals surface area contributed by atoms with E-state index in [0.717, 1.165) is 11.5 Å². The zero-order valence-corrected chi connectivity index (χ0v) is 10.4. The summed E-state index contributed by atoms with van der Waals surface area (Å²) in [4.78, 5) is 11.5. The summed E-state index contributed by atoms with van der Waals surface area (Å²) in [5.74, 6) is 1.71. The lowest BCUT2D eigenvalue weighted by molar-refractivity contribution is -0.121. The average molecular weight is 255 g/mol. The molecule has 0 aromatic carbocycles. The quantitative estimate of drug-likeness (QED) is 0.495. The average Bonchev–Trinajstić information content (AvgIpc) is 2.76. The van der Waals surface area contributed by atoms with Gasteiger partial charge in [-0.15, -0.1) is 11.7 Å². The molecule has 17 heavy (non-hydrogen) atoms. The van der Waals surface area contributed by atoms with Crippen molar-refractivity contribution in [1.82, 2.24) is 20.3 Å². The van der Waals surface area contributed by atoms with Crippen LogP contribution in [0.4, 0.5) is 0 Å². The summed E-state index contributed by atoms with van der Waals surface area (Å²) in [5.41, 5.74) is 6.07. The molecule has 0 aliphatic carbocycles. The SMILES string of the molecule is C=CCSCCNC(=O)Cn1cc(CN)nn1. The van der Waals surface area contributed by atoms with Gasteiger partial charge in [-0.1, -0.05) is 11.3 Å². The lowest BCUT2D eigenvalue weighted by Crippen LogP contribution is -2.29. The number of amides is 1. The molecule has 7 heteroatoms. The van der Waals surface area contributed by atoms with Gasteiger partial charge in [0.25, 0.3) is 0 Å². The van der Waals surface area contributed by atoms with Gasteiger partial charge in [0.1, 0.15) is 6.54 Å². The van der Waals surface area contributed by atoms with E-state index in [0.29, 0.717) is 18.8 Å². The van der Waals surface area contributed by atoms with Gasteiger partial charge in [0.15, 0.2) is 0 Å². The van der Waals surface area contributed by atoms with E-state index >= 15 is 0 Å². The number of hydrogen-bond acceptors (Lipinski definition) is 5. The summed E-state index contributed by atoms with van der Waals surface area (Å²) >= 11 is 1.73. The van der Waals surface area contributed by atoms with Crippen LogP contribution in [0.25, 0.3) is 0 Å². The molecule has 1 aromatic rings. The Morgan fingerprint density at radius 1 is 1.71 bits per heavy atom. The monoisotopic (exact) mass is 255 g/mol. The maximum atomic E-state index is 11.5. The molecule has 0 fully saturated rings. The molecule has 0 spiro atoms. The van der Waals surface area contributed by atoms with Crippen molar-refractivity contribution in [3.05, 3.63) is 24.5 Å². The van der Waals surface area contributed by atoms with Crippen LogP contribution in [-0.2, 0) is 17.9 Å². The molecular weight excluding hydrogens is 238 g/mol. The fourth-order valence-corrected chi connectivity index (χ4v) is 1.72. The molecule has 0 radical (unpaired) electrons. The Kier molecular flexibility index (Phi) is 6.34. The van der Waals surface area contributed by atoms with E-state index in [4.69, 9.17) is 5.73 Å². The van der Waals surface area contributed by atoms with Crippen LogP contribution in [0.5, 0.6) is 0 Å². The third kappa shape index (κ3) is 5.50. The second-order valence-electron chi connectivity index (χ2n) is 3.33. The Morgan fingerprint density at radius 2 is 2.53 bits per heavy atom. The number of nitrogens with two attached hydrogens (primary N) is 1. The highest BCUT2D eigenvalue weighted by molar-refractivity contribution is 7.99. The van der Waals surface area contributed by atoms with Gasteiger partial charge in [0.05, 0.1) is 11.9 Å². The van der Waals surface area contributed by atoms with Crippen molar-refractivity contribution in [2.45, 2.75) is 13.1 Å². The van der Waals surface area contributed by atoms with Crippen LogP contribution in [0.15, 0.2) is 18.9 Å². The van der Waals surface area contributed by atoms with Crippen molar-refractivity contribution >= 4 is 17.7 Å². The van der Waals surface area contributed by atoms with Crippen molar-refractivity contribution in [3.63, 3.8) is 0 Å². The van der Waals surface area contributed by atoms with Gasteiger partial charge >= 0.3 is 0 Å². The number of carbonyl (C=O) groups excluding carboxylic acids is 1. The zero-order valence-electron chi connectivity index (χ0n) is 9.63. The second kappa shape index (κ2) is 7.86. The van der Waals surface area contributed by atoms with Gasteiger partial charge in [-0.25, -0.2) is 4.68 Å². The molecule has 0 atom stereocenters. The topological polar surface area (TPSA) is 85.8 Å². The fraction of sp³-hybridized carbons (Fsp3) is 0.500. The second-order valence-corrected chi connectivity index (χ2v) is 4.47. The first-order valence-corrected chi connectivity index (χ1v) is 6.46. The normalized spacial score (nSPS) is 10.2. The van der Waals surface area contributed by atoms with Crippen molar-refractivity contribution in [2.75, 3.05) is 18.1 Å². The largest absolute Gasteiger partial charge is 0.354 e. The highest BCUT2D eigenvalue weighted by Gasteiger charge is 2.04. The number of nitrogens with one attached hydrogen (secondary N) is 1. The van der Waals surface area contributed by atoms with E-state index in [-0.39, 0.29) is 12.5 Å². The first-order valence-electron chi connectivity index (χ1n) is 5.30. The summed E-state index contributed by atoms with van der Waals surface area (Å²) in [6.07, 6.45) is 3.52. The number of hydrogen-bond donors (Lipinski definition) is 2. The van der Waals surface area contributed by atoms with Crippen molar-refractivity contribution < 1.29 is 4.79 Å². The van der Waals surface area contributed by atoms with E-state index in [1.165, 1.54) is 4.68 Å². The van der Waals surface area contributed by atoms with Crippen LogP contribution >= 0.6 is 11.8 Å². The Morgan fingerprint density at radius 3 is 3.18 bits per heavy atom. The minimum atomic E-state index is -0.0716. The third-order valence-electron chi connectivity index (χ3n) is 1.91. The number of thioether (sulfide) groups is 1. The Hall–Kier alpha value is -1.34. The highest BCUT2D eigenvalue weighted by atomic mass is 32.2. The van der Waals surface area contributed by atoms with Gasteiger partial charge in [-0.05, 0) is 0 Å². The maximum absolute atomic E-state index is 11.5. The van der Waals surface area contributed by atoms with E-state index in [2.05, 4.69) is 22.2 Å². The standard InChI is InChI=1S/C10H17N5OS/c1-2-4-17-5-3-12-10(16)8-15-7-9(6-11)13-14-15/h2,7H,1,3-6,8,11H2,(H,12,16). The van der Waals surface area contributed by atoms with Crippen LogP contribution in [0, 0.1) is 0 Å². The lowest BCUT2D eigenvalue weighted by Gasteiger charge is -2.03. The van der Waals surface area contributed by atoms with Crippen molar-refractivity contribution in [3.8, 4) is 0 Å². The number of nitrogens with zero attached hydrogens (tertiary/aromatic N) is 3. The summed E-state index contributed by atoms with van der Waals surface area (Å²) < 4.78 is 1.48. The van der Waals surface area contributed by atoms with Crippen LogP contribution in [0.2, 0.25) is 0 Å². The minimum Gasteiger partial charge on any atom is -0.354 e. The van der Waals surface area contributed by atoms with Gasteiger partial charge in [-0.2, -0.15) is 11.8 Å². The van der Waals surface area contributed by atoms with E-state index < -0.39 is 0 Å². The smallest absolute Gasteiger partial charge is 0.241 e. The van der Waals surface area contributed by atoms with Gasteiger partial charge in [0.2, 0.25) is 5.91 Å². The molecule has 1 rings (SSSR count). The first-order chi connectivity index (χ1) is 8.26. The molecule has 1 amide bonds. The highest BCUT2D eigenvalue weighted by Crippen LogP contribution is 1.97. The van der Waals surface area contributed by atoms with Gasteiger partial charge in [-0.3, -0.25) is 4.79 Å². The Bertz CT molecular complexity index is 365. The molecule has 1 heterocycles. The minimum absolute atomic E-state index is 0.0716. The van der Waals surface area contributed by atoms with Crippen LogP contribution in [0.3, 0.4) is 0 Å². The molecule has 0 unspecified atom stereocenters. The summed E-state index contributed by atoms with van der Waals surface area (Å²) in [6, 6.07) is 0. The molecule has 3 N–H and O–H groups in total. The molecule has 0 saturated heterocycles. The first kappa shape index (κ1) is 13.7. The number of rotatable bonds is 8. The summed E-state index contributed by atoms with van der Waals surface area (Å²) in [6.45, 7) is 4.78. The molecular formula is C10H17N5OS. The Labute approximate surface area is 105 Å². The van der Waals surface area contributed by atoms with Crippen LogP contribution in [0.1, 0.15) is 5.69 Å². The number of aromatic nitrogens is 3. The van der Waals surface area contributed by atoms with Gasteiger partial charge in [0, 0.05) is 24.6 Å². The van der Waals surface area contributed by atoms with E-state index in [9.17, 15) is 4.79 Å². The van der Waals surface area contributed by atoms with Crippen molar-refractivity contribution in [2.24, 2.45) is 5.73 Å².